The highest BCUT2D eigenvalue weighted by molar-refractivity contribution is 5.21. The zero-order chi connectivity index (χ0) is 13.1. The molecule has 1 aliphatic rings. The minimum Gasteiger partial charge on any atom is -0.465 e. The number of rotatable bonds is 3. The number of hydrogen-bond acceptors (Lipinski definition) is 5. The maximum Gasteiger partial charge on any atom is 0.205 e. The van der Waals surface area contributed by atoms with E-state index < -0.39 is 24.6 Å². The van der Waals surface area contributed by atoms with Crippen LogP contribution in [0.15, 0.2) is 30.3 Å². The first-order chi connectivity index (χ1) is 8.63. The summed E-state index contributed by atoms with van der Waals surface area (Å²) in [4.78, 5) is 0. The second-order valence-corrected chi connectivity index (χ2v) is 4.50. The van der Waals surface area contributed by atoms with Gasteiger partial charge in [-0.15, -0.1) is 0 Å². The molecule has 1 aliphatic heterocycles. The molecule has 1 aromatic carbocycles. The van der Waals surface area contributed by atoms with Crippen molar-refractivity contribution in [2.75, 3.05) is 6.61 Å². The summed E-state index contributed by atoms with van der Waals surface area (Å²) in [5.74, 6) is 0.234. The number of hydrogen-bond donors (Lipinski definition) is 3. The lowest BCUT2D eigenvalue weighted by molar-refractivity contribution is -0.256. The van der Waals surface area contributed by atoms with Gasteiger partial charge >= 0.3 is 0 Å². The molecule has 0 saturated carbocycles. The van der Waals surface area contributed by atoms with E-state index in [2.05, 4.69) is 0 Å². The van der Waals surface area contributed by atoms with Crippen LogP contribution in [0.25, 0.3) is 0 Å². The third-order valence-corrected chi connectivity index (χ3v) is 3.18. The first kappa shape index (κ1) is 13.3. The van der Waals surface area contributed by atoms with Gasteiger partial charge in [-0.05, 0) is 12.1 Å². The predicted octanol–water partition coefficient (Wildman–Crippen LogP) is 0.140. The molecule has 0 aliphatic carbocycles. The van der Waals surface area contributed by atoms with Gasteiger partial charge in [-0.3, -0.25) is 0 Å². The van der Waals surface area contributed by atoms with E-state index >= 15 is 0 Å². The molecule has 18 heavy (non-hydrogen) atoms. The van der Waals surface area contributed by atoms with Crippen molar-refractivity contribution in [1.29, 1.82) is 0 Å². The lowest BCUT2D eigenvalue weighted by Crippen LogP contribution is -2.56. The molecule has 0 radical (unpaired) electrons. The minimum absolute atomic E-state index is 0.362. The predicted molar refractivity (Wildman–Crippen MR) is 64.0 cm³/mol. The van der Waals surface area contributed by atoms with E-state index in [9.17, 15) is 10.2 Å². The van der Waals surface area contributed by atoms with Crippen molar-refractivity contribution in [2.24, 2.45) is 5.92 Å². The van der Waals surface area contributed by atoms with Crippen LogP contribution in [0.5, 0.6) is 5.75 Å². The van der Waals surface area contributed by atoms with E-state index in [0.717, 1.165) is 0 Å². The van der Waals surface area contributed by atoms with Crippen LogP contribution in [-0.4, -0.2) is 46.5 Å². The normalized spacial score (nSPS) is 36.3. The summed E-state index contributed by atoms with van der Waals surface area (Å²) >= 11 is 0. The second kappa shape index (κ2) is 5.67. The molecule has 5 nitrogen and oxygen atoms in total. The number of benzene rings is 1. The summed E-state index contributed by atoms with van der Waals surface area (Å²) in [5.41, 5.74) is 0. The van der Waals surface area contributed by atoms with Crippen molar-refractivity contribution in [1.82, 2.24) is 0 Å². The average molecular weight is 254 g/mol. The third-order valence-electron chi connectivity index (χ3n) is 3.18. The fourth-order valence-electron chi connectivity index (χ4n) is 1.99. The Kier molecular flexibility index (Phi) is 4.19. The van der Waals surface area contributed by atoms with E-state index in [1.807, 2.05) is 18.2 Å². The zero-order valence-corrected chi connectivity index (χ0v) is 10.1. The van der Waals surface area contributed by atoms with Gasteiger partial charge in [0.1, 0.15) is 18.0 Å². The maximum absolute atomic E-state index is 9.88. The van der Waals surface area contributed by atoms with Gasteiger partial charge in [0.2, 0.25) is 6.29 Å². The van der Waals surface area contributed by atoms with Gasteiger partial charge < -0.3 is 24.8 Å². The van der Waals surface area contributed by atoms with Gasteiger partial charge in [-0.25, -0.2) is 0 Å². The Bertz CT molecular complexity index is 367. The third kappa shape index (κ3) is 2.64. The topological polar surface area (TPSA) is 79.2 Å². The summed E-state index contributed by atoms with van der Waals surface area (Å²) in [6.45, 7) is 1.37. The summed E-state index contributed by atoms with van der Waals surface area (Å²) in [6.07, 6.45) is -3.60. The molecular formula is C13H18O5. The lowest BCUT2D eigenvalue weighted by Gasteiger charge is -2.40. The molecule has 0 unspecified atom stereocenters. The summed E-state index contributed by atoms with van der Waals surface area (Å²) < 4.78 is 11.1. The lowest BCUT2D eigenvalue weighted by atomic mass is 9.92. The first-order valence-electron chi connectivity index (χ1n) is 5.97. The second-order valence-electron chi connectivity index (χ2n) is 4.50. The van der Waals surface area contributed by atoms with Gasteiger partial charge in [0.15, 0.2) is 0 Å². The average Bonchev–Trinajstić information content (AvgIpc) is 2.40. The van der Waals surface area contributed by atoms with Gasteiger partial charge in [-0.2, -0.15) is 0 Å². The van der Waals surface area contributed by atoms with Crippen LogP contribution in [0.4, 0.5) is 0 Å². The van der Waals surface area contributed by atoms with Crippen molar-refractivity contribution in [2.45, 2.75) is 31.5 Å². The summed E-state index contributed by atoms with van der Waals surface area (Å²) in [7, 11) is 0. The van der Waals surface area contributed by atoms with Crippen LogP contribution in [0.2, 0.25) is 0 Å². The van der Waals surface area contributed by atoms with E-state index in [0.29, 0.717) is 5.75 Å². The fraction of sp³-hybridized carbons (Fsp3) is 0.538. The number of ether oxygens (including phenoxy) is 2. The minimum atomic E-state index is -1.10. The Morgan fingerprint density at radius 2 is 1.83 bits per heavy atom. The van der Waals surface area contributed by atoms with Gasteiger partial charge in [0.25, 0.3) is 0 Å². The standard InChI is InChI=1S/C13H18O5/c1-8-11(15)12(16)10(7-14)18-13(8)17-9-5-3-2-4-6-9/h2-6,8,10-16H,7H2,1H3/t8-,10-,11-,12+,13-/m1/s1. The van der Waals surface area contributed by atoms with Gasteiger partial charge in [0.05, 0.1) is 12.7 Å². The smallest absolute Gasteiger partial charge is 0.205 e. The van der Waals surface area contributed by atoms with Crippen molar-refractivity contribution in [3.8, 4) is 5.75 Å². The Balaban J connectivity index is 2.08. The summed E-state index contributed by atoms with van der Waals surface area (Å²) in [5, 5.41) is 28.7. The molecule has 100 valence electrons. The highest BCUT2D eigenvalue weighted by atomic mass is 16.7. The van der Waals surface area contributed by atoms with Gasteiger partial charge in [-0.1, -0.05) is 25.1 Å². The number of aliphatic hydroxyl groups is 3. The molecule has 0 spiro atoms. The Morgan fingerprint density at radius 1 is 1.17 bits per heavy atom. The van der Waals surface area contributed by atoms with Crippen molar-refractivity contribution >= 4 is 0 Å². The molecule has 5 heteroatoms. The van der Waals surface area contributed by atoms with Crippen molar-refractivity contribution in [3.05, 3.63) is 30.3 Å². The molecule has 0 amide bonds. The maximum atomic E-state index is 9.88. The summed E-state index contributed by atoms with van der Waals surface area (Å²) in [6, 6.07) is 9.09. The van der Waals surface area contributed by atoms with Gasteiger partial charge in [0, 0.05) is 5.92 Å². The molecule has 0 aromatic heterocycles. The molecular weight excluding hydrogens is 236 g/mol. The molecule has 1 aromatic rings. The molecule has 1 saturated heterocycles. The van der Waals surface area contributed by atoms with Crippen LogP contribution < -0.4 is 4.74 Å². The quantitative estimate of drug-likeness (QED) is 0.715. The Labute approximate surface area is 106 Å². The van der Waals surface area contributed by atoms with Crippen LogP contribution in [-0.2, 0) is 4.74 Å². The Morgan fingerprint density at radius 3 is 2.44 bits per heavy atom. The number of aliphatic hydroxyl groups excluding tert-OH is 3. The molecule has 5 atom stereocenters. The SMILES string of the molecule is C[C@H]1[C@H](Oc2ccccc2)O[C@H](CO)[C@H](O)[C@@H]1O. The van der Waals surface area contributed by atoms with Crippen LogP contribution in [0, 0.1) is 5.92 Å². The van der Waals surface area contributed by atoms with E-state index in [-0.39, 0.29) is 12.5 Å². The first-order valence-corrected chi connectivity index (χ1v) is 5.97. The monoisotopic (exact) mass is 254 g/mol. The van der Waals surface area contributed by atoms with E-state index in [1.165, 1.54) is 0 Å². The molecule has 2 rings (SSSR count). The van der Waals surface area contributed by atoms with Crippen LogP contribution in [0.1, 0.15) is 6.92 Å². The van der Waals surface area contributed by atoms with Crippen molar-refractivity contribution in [3.63, 3.8) is 0 Å². The van der Waals surface area contributed by atoms with E-state index in [1.54, 1.807) is 19.1 Å². The highest BCUT2D eigenvalue weighted by Gasteiger charge is 2.43. The van der Waals surface area contributed by atoms with Crippen LogP contribution >= 0.6 is 0 Å². The van der Waals surface area contributed by atoms with Crippen LogP contribution in [0.3, 0.4) is 0 Å². The molecule has 1 fully saturated rings. The van der Waals surface area contributed by atoms with E-state index in [4.69, 9.17) is 14.6 Å². The Hall–Kier alpha value is -1.14. The molecule has 1 heterocycles. The largest absolute Gasteiger partial charge is 0.465 e. The fourth-order valence-corrected chi connectivity index (χ4v) is 1.99. The number of para-hydroxylation sites is 1. The molecule has 0 bridgehead atoms. The molecule has 3 N–H and O–H groups in total. The zero-order valence-electron chi connectivity index (χ0n) is 10.1. The van der Waals surface area contributed by atoms with Crippen molar-refractivity contribution < 1.29 is 24.8 Å². The highest BCUT2D eigenvalue weighted by Crippen LogP contribution is 2.27.